The summed E-state index contributed by atoms with van der Waals surface area (Å²) in [5, 5.41) is 13.3. The van der Waals surface area contributed by atoms with E-state index in [-0.39, 0.29) is 11.8 Å². The van der Waals surface area contributed by atoms with Gasteiger partial charge in [-0.15, -0.1) is 21.5 Å². The number of nitrogens with zero attached hydrogens (tertiary/aromatic N) is 3. The number of thiophene rings is 1. The van der Waals surface area contributed by atoms with Crippen LogP contribution in [0.25, 0.3) is 10.6 Å². The summed E-state index contributed by atoms with van der Waals surface area (Å²) in [5.41, 5.74) is 0.418. The van der Waals surface area contributed by atoms with E-state index in [1.807, 2.05) is 34.5 Å². The van der Waals surface area contributed by atoms with Gasteiger partial charge in [-0.2, -0.15) is 13.2 Å². The van der Waals surface area contributed by atoms with Crippen molar-refractivity contribution in [1.29, 1.82) is 0 Å². The van der Waals surface area contributed by atoms with Crippen LogP contribution >= 0.6 is 11.3 Å². The number of carbonyl (C=O) groups excluding carboxylic acids is 1. The summed E-state index contributed by atoms with van der Waals surface area (Å²) >= 11 is 1.59. The third-order valence-electron chi connectivity index (χ3n) is 5.02. The van der Waals surface area contributed by atoms with Crippen LogP contribution in [0.5, 0.6) is 0 Å². The second kappa shape index (κ2) is 8.43. The first-order valence-corrected chi connectivity index (χ1v) is 10.4. The van der Waals surface area contributed by atoms with Crippen molar-refractivity contribution >= 4 is 28.7 Å². The molecular formula is C21H19F3N4OS. The van der Waals surface area contributed by atoms with Crippen molar-refractivity contribution in [2.45, 2.75) is 19.0 Å². The molecule has 0 saturated carbocycles. The molecule has 5 nitrogen and oxygen atoms in total. The molecule has 1 aliphatic heterocycles. The number of hydrogen-bond donors (Lipinski definition) is 1. The van der Waals surface area contributed by atoms with E-state index >= 15 is 0 Å². The maximum Gasteiger partial charge on any atom is 0.416 e. The molecule has 0 radical (unpaired) electrons. The van der Waals surface area contributed by atoms with Crippen LogP contribution in [0.2, 0.25) is 0 Å². The third-order valence-corrected chi connectivity index (χ3v) is 5.91. The number of halogens is 3. The van der Waals surface area contributed by atoms with Gasteiger partial charge in [0.2, 0.25) is 5.91 Å². The minimum atomic E-state index is -4.40. The van der Waals surface area contributed by atoms with Crippen molar-refractivity contribution < 1.29 is 18.0 Å². The molecule has 1 aliphatic rings. The summed E-state index contributed by atoms with van der Waals surface area (Å²) in [6.07, 6.45) is -2.87. The van der Waals surface area contributed by atoms with Gasteiger partial charge in [0, 0.05) is 18.8 Å². The molecule has 1 saturated heterocycles. The number of aromatic nitrogens is 2. The molecule has 3 aromatic rings. The van der Waals surface area contributed by atoms with Crippen LogP contribution in [0.3, 0.4) is 0 Å². The Kier molecular flexibility index (Phi) is 5.72. The van der Waals surface area contributed by atoms with Crippen LogP contribution in [-0.4, -0.2) is 29.2 Å². The summed E-state index contributed by atoms with van der Waals surface area (Å²) in [6, 6.07) is 12.2. The number of piperidine rings is 1. The normalized spacial score (nSPS) is 17.0. The zero-order valence-electron chi connectivity index (χ0n) is 15.9. The number of hydrogen-bond acceptors (Lipinski definition) is 5. The number of anilines is 2. The van der Waals surface area contributed by atoms with Gasteiger partial charge < -0.3 is 10.2 Å². The summed E-state index contributed by atoms with van der Waals surface area (Å²) in [4.78, 5) is 15.7. The molecule has 156 valence electrons. The van der Waals surface area contributed by atoms with Gasteiger partial charge in [-0.1, -0.05) is 6.07 Å². The molecule has 3 heterocycles. The van der Waals surface area contributed by atoms with Crippen LogP contribution in [0.15, 0.2) is 53.9 Å². The van der Waals surface area contributed by atoms with Gasteiger partial charge in [0.15, 0.2) is 5.82 Å². The summed E-state index contributed by atoms with van der Waals surface area (Å²) in [7, 11) is 0. The second-order valence-electron chi connectivity index (χ2n) is 7.10. The van der Waals surface area contributed by atoms with Crippen LogP contribution in [0.1, 0.15) is 18.4 Å². The first-order chi connectivity index (χ1) is 14.4. The van der Waals surface area contributed by atoms with E-state index in [2.05, 4.69) is 15.5 Å². The fraction of sp³-hybridized carbons (Fsp3) is 0.286. The molecule has 30 heavy (non-hydrogen) atoms. The second-order valence-corrected chi connectivity index (χ2v) is 8.05. The third kappa shape index (κ3) is 4.62. The smallest absolute Gasteiger partial charge is 0.354 e. The SMILES string of the molecule is O=C(Nc1ccc(C(F)(F)F)cc1)C1CCCN(c2ccc(-c3cccs3)nn2)C1. The molecule has 0 aliphatic carbocycles. The van der Waals surface area contributed by atoms with Crippen molar-refractivity contribution in [1.82, 2.24) is 10.2 Å². The molecule has 1 fully saturated rings. The van der Waals surface area contributed by atoms with Crippen molar-refractivity contribution in [2.75, 3.05) is 23.3 Å². The maximum absolute atomic E-state index is 12.7. The van der Waals surface area contributed by atoms with Gasteiger partial charge >= 0.3 is 6.18 Å². The van der Waals surface area contributed by atoms with E-state index in [4.69, 9.17) is 0 Å². The van der Waals surface area contributed by atoms with E-state index in [0.717, 1.165) is 35.7 Å². The first-order valence-electron chi connectivity index (χ1n) is 9.51. The number of nitrogens with one attached hydrogen (secondary N) is 1. The van der Waals surface area contributed by atoms with Crippen LogP contribution in [-0.2, 0) is 11.0 Å². The maximum atomic E-state index is 12.7. The van der Waals surface area contributed by atoms with Crippen molar-refractivity contribution in [3.63, 3.8) is 0 Å². The monoisotopic (exact) mass is 432 g/mol. The van der Waals surface area contributed by atoms with E-state index in [1.54, 1.807) is 11.3 Å². The van der Waals surface area contributed by atoms with E-state index in [0.29, 0.717) is 24.5 Å². The highest BCUT2D eigenvalue weighted by Gasteiger charge is 2.30. The Bertz CT molecular complexity index is 989. The van der Waals surface area contributed by atoms with Crippen molar-refractivity contribution in [3.8, 4) is 10.6 Å². The first kappa shape index (κ1) is 20.3. The lowest BCUT2D eigenvalue weighted by Gasteiger charge is -2.32. The minimum Gasteiger partial charge on any atom is -0.354 e. The van der Waals surface area contributed by atoms with E-state index in [9.17, 15) is 18.0 Å². The fourth-order valence-corrected chi connectivity index (χ4v) is 4.13. The van der Waals surface area contributed by atoms with Gasteiger partial charge in [-0.05, 0) is 60.7 Å². The molecule has 1 amide bonds. The van der Waals surface area contributed by atoms with Gasteiger partial charge in [-0.25, -0.2) is 0 Å². The number of rotatable bonds is 4. The van der Waals surface area contributed by atoms with Gasteiger partial charge in [0.1, 0.15) is 5.69 Å². The molecule has 1 unspecified atom stereocenters. The Labute approximate surface area is 175 Å². The zero-order valence-corrected chi connectivity index (χ0v) is 16.7. The summed E-state index contributed by atoms with van der Waals surface area (Å²) in [5.74, 6) is 0.227. The van der Waals surface area contributed by atoms with E-state index < -0.39 is 11.7 Å². The molecular weight excluding hydrogens is 413 g/mol. The highest BCUT2D eigenvalue weighted by atomic mass is 32.1. The quantitative estimate of drug-likeness (QED) is 0.625. The van der Waals surface area contributed by atoms with Gasteiger partial charge in [0.25, 0.3) is 0 Å². The summed E-state index contributed by atoms with van der Waals surface area (Å²) in [6.45, 7) is 1.26. The summed E-state index contributed by atoms with van der Waals surface area (Å²) < 4.78 is 38.0. The van der Waals surface area contributed by atoms with Crippen LogP contribution in [0.4, 0.5) is 24.7 Å². The van der Waals surface area contributed by atoms with Gasteiger partial charge in [-0.3, -0.25) is 4.79 Å². The largest absolute Gasteiger partial charge is 0.416 e. The molecule has 2 aromatic heterocycles. The Hall–Kier alpha value is -2.94. The van der Waals surface area contributed by atoms with Gasteiger partial charge in [0.05, 0.1) is 16.4 Å². The Morgan fingerprint density at radius 3 is 2.53 bits per heavy atom. The molecule has 1 atom stereocenters. The zero-order chi connectivity index (χ0) is 21.1. The Balaban J connectivity index is 1.39. The number of amides is 1. The molecule has 1 N–H and O–H groups in total. The topological polar surface area (TPSA) is 58.1 Å². The lowest BCUT2D eigenvalue weighted by atomic mass is 9.97. The van der Waals surface area contributed by atoms with Crippen molar-refractivity contribution in [3.05, 3.63) is 59.5 Å². The average molecular weight is 432 g/mol. The average Bonchev–Trinajstić information content (AvgIpc) is 3.29. The molecule has 9 heteroatoms. The fourth-order valence-electron chi connectivity index (χ4n) is 3.44. The van der Waals surface area contributed by atoms with Crippen molar-refractivity contribution in [2.24, 2.45) is 5.92 Å². The van der Waals surface area contributed by atoms with E-state index in [1.165, 1.54) is 12.1 Å². The Morgan fingerprint density at radius 1 is 1.10 bits per heavy atom. The van der Waals surface area contributed by atoms with Crippen LogP contribution < -0.4 is 10.2 Å². The predicted octanol–water partition coefficient (Wildman–Crippen LogP) is 5.08. The molecule has 1 aromatic carbocycles. The molecule has 0 bridgehead atoms. The number of carbonyl (C=O) groups is 1. The minimum absolute atomic E-state index is 0.206. The highest BCUT2D eigenvalue weighted by Crippen LogP contribution is 2.30. The number of benzene rings is 1. The highest BCUT2D eigenvalue weighted by molar-refractivity contribution is 7.13. The lowest BCUT2D eigenvalue weighted by Crippen LogP contribution is -2.41. The Morgan fingerprint density at radius 2 is 1.90 bits per heavy atom. The predicted molar refractivity (Wildman–Crippen MR) is 110 cm³/mol. The molecule has 4 rings (SSSR count). The van der Waals surface area contributed by atoms with Crippen LogP contribution in [0, 0.1) is 5.92 Å². The lowest BCUT2D eigenvalue weighted by molar-refractivity contribution is -0.137. The number of alkyl halides is 3. The standard InChI is InChI=1S/C21H19F3N4OS/c22-21(23,24)15-5-7-16(8-6-15)25-20(29)14-3-1-11-28(13-14)19-10-9-17(26-27-19)18-4-2-12-30-18/h2,4-10,12,14H,1,3,11,13H2,(H,25,29). The molecule has 0 spiro atoms.